The first-order valence-electron chi connectivity index (χ1n) is 7.33. The minimum atomic E-state index is 0.222. The lowest BCUT2D eigenvalue weighted by atomic mass is 10.0. The van der Waals surface area contributed by atoms with Crippen LogP contribution in [0.5, 0.6) is 0 Å². The minimum absolute atomic E-state index is 0.222. The molecule has 0 amide bonds. The molecule has 0 saturated carbocycles. The maximum absolute atomic E-state index is 9.41. The predicted molar refractivity (Wildman–Crippen MR) is 72.3 cm³/mol. The first-order valence-corrected chi connectivity index (χ1v) is 7.33. The lowest BCUT2D eigenvalue weighted by molar-refractivity contribution is 0.0383. The molecule has 1 N–H and O–H groups in total. The van der Waals surface area contributed by atoms with Crippen molar-refractivity contribution in [2.24, 2.45) is 0 Å². The van der Waals surface area contributed by atoms with Crippen molar-refractivity contribution < 1.29 is 9.84 Å². The van der Waals surface area contributed by atoms with E-state index in [4.69, 9.17) is 9.72 Å². The molecule has 1 unspecified atom stereocenters. The molecule has 0 bridgehead atoms. The van der Waals surface area contributed by atoms with Gasteiger partial charge in [-0.15, -0.1) is 0 Å². The second-order valence-corrected chi connectivity index (χ2v) is 5.51. The number of aryl methyl sites for hydroxylation is 1. The highest BCUT2D eigenvalue weighted by Crippen LogP contribution is 2.26. The van der Waals surface area contributed by atoms with Crippen molar-refractivity contribution in [3.05, 3.63) is 17.7 Å². The number of ether oxygens (including phenoxy) is 1. The SMILES string of the molecule is OCC1CCCn2cc(CCN3CCOCC3)nc21. The van der Waals surface area contributed by atoms with Gasteiger partial charge >= 0.3 is 0 Å². The molecule has 1 fully saturated rings. The van der Waals surface area contributed by atoms with Crippen molar-refractivity contribution in [3.63, 3.8) is 0 Å². The monoisotopic (exact) mass is 265 g/mol. The normalized spacial score (nSPS) is 24.4. The molecule has 106 valence electrons. The number of aliphatic hydroxyl groups excluding tert-OH is 1. The van der Waals surface area contributed by atoms with Gasteiger partial charge in [0.05, 0.1) is 25.5 Å². The van der Waals surface area contributed by atoms with E-state index in [2.05, 4.69) is 15.7 Å². The number of hydrogen-bond donors (Lipinski definition) is 1. The molecule has 2 aliphatic rings. The van der Waals surface area contributed by atoms with Gasteiger partial charge in [-0.05, 0) is 12.8 Å². The third-order valence-corrected chi connectivity index (χ3v) is 4.18. The Labute approximate surface area is 114 Å². The van der Waals surface area contributed by atoms with E-state index in [0.29, 0.717) is 0 Å². The molecule has 1 saturated heterocycles. The van der Waals surface area contributed by atoms with E-state index in [0.717, 1.165) is 64.5 Å². The van der Waals surface area contributed by atoms with Crippen molar-refractivity contribution in [2.45, 2.75) is 31.7 Å². The smallest absolute Gasteiger partial charge is 0.114 e. The van der Waals surface area contributed by atoms with E-state index in [1.807, 2.05) is 0 Å². The Hall–Kier alpha value is -0.910. The summed E-state index contributed by atoms with van der Waals surface area (Å²) in [7, 11) is 0. The van der Waals surface area contributed by atoms with Crippen LogP contribution in [-0.4, -0.2) is 59.0 Å². The number of imidazole rings is 1. The van der Waals surface area contributed by atoms with Crippen molar-refractivity contribution in [1.82, 2.24) is 14.5 Å². The van der Waals surface area contributed by atoms with E-state index >= 15 is 0 Å². The number of aliphatic hydroxyl groups is 1. The molecule has 5 heteroatoms. The zero-order chi connectivity index (χ0) is 13.1. The van der Waals surface area contributed by atoms with E-state index in [1.165, 1.54) is 5.69 Å². The molecular weight excluding hydrogens is 242 g/mol. The maximum Gasteiger partial charge on any atom is 0.114 e. The Morgan fingerprint density at radius 1 is 1.32 bits per heavy atom. The molecule has 1 atom stereocenters. The summed E-state index contributed by atoms with van der Waals surface area (Å²) in [4.78, 5) is 7.17. The van der Waals surface area contributed by atoms with Crippen LogP contribution in [0.15, 0.2) is 6.20 Å². The maximum atomic E-state index is 9.41. The molecule has 3 heterocycles. The zero-order valence-electron chi connectivity index (χ0n) is 11.4. The second kappa shape index (κ2) is 6.03. The van der Waals surface area contributed by atoms with E-state index in [-0.39, 0.29) is 12.5 Å². The van der Waals surface area contributed by atoms with Gasteiger partial charge in [0.25, 0.3) is 0 Å². The highest BCUT2D eigenvalue weighted by molar-refractivity contribution is 5.11. The largest absolute Gasteiger partial charge is 0.396 e. The van der Waals surface area contributed by atoms with Gasteiger partial charge in [-0.1, -0.05) is 0 Å². The Balaban J connectivity index is 1.60. The summed E-state index contributed by atoms with van der Waals surface area (Å²) in [5.41, 5.74) is 1.17. The fraction of sp³-hybridized carbons (Fsp3) is 0.786. The molecule has 3 rings (SSSR count). The third-order valence-electron chi connectivity index (χ3n) is 4.18. The molecule has 0 aromatic carbocycles. The Morgan fingerprint density at radius 3 is 2.95 bits per heavy atom. The second-order valence-electron chi connectivity index (χ2n) is 5.51. The highest BCUT2D eigenvalue weighted by Gasteiger charge is 2.22. The fourth-order valence-corrected chi connectivity index (χ4v) is 3.02. The lowest BCUT2D eigenvalue weighted by Gasteiger charge is -2.26. The molecule has 5 nitrogen and oxygen atoms in total. The quantitative estimate of drug-likeness (QED) is 0.867. The van der Waals surface area contributed by atoms with Crippen LogP contribution in [0.25, 0.3) is 0 Å². The van der Waals surface area contributed by atoms with Gasteiger partial charge in [0.2, 0.25) is 0 Å². The van der Waals surface area contributed by atoms with E-state index in [9.17, 15) is 5.11 Å². The molecule has 1 aromatic heterocycles. The Morgan fingerprint density at radius 2 is 2.16 bits per heavy atom. The van der Waals surface area contributed by atoms with Crippen LogP contribution in [0.4, 0.5) is 0 Å². The van der Waals surface area contributed by atoms with Crippen molar-refractivity contribution in [2.75, 3.05) is 39.5 Å². The minimum Gasteiger partial charge on any atom is -0.396 e. The van der Waals surface area contributed by atoms with Crippen LogP contribution >= 0.6 is 0 Å². The van der Waals surface area contributed by atoms with Gasteiger partial charge in [-0.25, -0.2) is 4.98 Å². The van der Waals surface area contributed by atoms with Crippen molar-refractivity contribution in [1.29, 1.82) is 0 Å². The van der Waals surface area contributed by atoms with Crippen LogP contribution in [0.3, 0.4) is 0 Å². The van der Waals surface area contributed by atoms with Gasteiger partial charge in [0.15, 0.2) is 0 Å². The number of nitrogens with zero attached hydrogens (tertiary/aromatic N) is 3. The summed E-state index contributed by atoms with van der Waals surface area (Å²) in [6.45, 7) is 6.11. The number of rotatable bonds is 4. The first-order chi connectivity index (χ1) is 9.36. The number of aromatic nitrogens is 2. The first kappa shape index (κ1) is 13.1. The number of fused-ring (bicyclic) bond motifs is 1. The molecule has 1 aromatic rings. The summed E-state index contributed by atoms with van der Waals surface area (Å²) in [6, 6.07) is 0. The van der Waals surface area contributed by atoms with Gasteiger partial charge in [0, 0.05) is 44.7 Å². The van der Waals surface area contributed by atoms with Gasteiger partial charge in [-0.2, -0.15) is 0 Å². The van der Waals surface area contributed by atoms with Crippen LogP contribution in [0.2, 0.25) is 0 Å². The average Bonchev–Trinajstić information content (AvgIpc) is 2.89. The van der Waals surface area contributed by atoms with Crippen LogP contribution in [0.1, 0.15) is 30.3 Å². The highest BCUT2D eigenvalue weighted by atomic mass is 16.5. The van der Waals surface area contributed by atoms with Crippen LogP contribution in [-0.2, 0) is 17.7 Å². The lowest BCUT2D eigenvalue weighted by Crippen LogP contribution is -2.37. The zero-order valence-corrected chi connectivity index (χ0v) is 11.4. The Bertz CT molecular complexity index is 413. The summed E-state index contributed by atoms with van der Waals surface area (Å²) in [5.74, 6) is 1.33. The number of morpholine rings is 1. The molecular formula is C14H23N3O2. The predicted octanol–water partition coefficient (Wildman–Crippen LogP) is 0.627. The van der Waals surface area contributed by atoms with Gasteiger partial charge in [0.1, 0.15) is 5.82 Å². The number of hydrogen-bond acceptors (Lipinski definition) is 4. The summed E-state index contributed by atoms with van der Waals surface area (Å²) in [5, 5.41) is 9.41. The summed E-state index contributed by atoms with van der Waals surface area (Å²) < 4.78 is 7.59. The topological polar surface area (TPSA) is 50.5 Å². The fourth-order valence-electron chi connectivity index (χ4n) is 3.02. The molecule has 0 aliphatic carbocycles. The van der Waals surface area contributed by atoms with Crippen LogP contribution < -0.4 is 0 Å². The molecule has 2 aliphatic heterocycles. The van der Waals surface area contributed by atoms with Crippen molar-refractivity contribution >= 4 is 0 Å². The third kappa shape index (κ3) is 2.99. The van der Waals surface area contributed by atoms with Gasteiger partial charge in [-0.3, -0.25) is 4.90 Å². The van der Waals surface area contributed by atoms with E-state index in [1.54, 1.807) is 0 Å². The molecule has 0 spiro atoms. The Kier molecular flexibility index (Phi) is 4.15. The summed E-state index contributed by atoms with van der Waals surface area (Å²) in [6.07, 6.45) is 5.39. The van der Waals surface area contributed by atoms with Crippen molar-refractivity contribution in [3.8, 4) is 0 Å². The average molecular weight is 265 g/mol. The van der Waals surface area contributed by atoms with Crippen LogP contribution in [0, 0.1) is 0 Å². The van der Waals surface area contributed by atoms with Gasteiger partial charge < -0.3 is 14.4 Å². The standard InChI is InChI=1S/C14H23N3O2/c18-11-12-2-1-4-17-10-13(15-14(12)17)3-5-16-6-8-19-9-7-16/h10,12,18H,1-9,11H2. The van der Waals surface area contributed by atoms with E-state index < -0.39 is 0 Å². The molecule has 0 radical (unpaired) electrons. The summed E-state index contributed by atoms with van der Waals surface area (Å²) >= 11 is 0. The molecule has 19 heavy (non-hydrogen) atoms.